The number of carbonyl (C=O) groups is 1. The van der Waals surface area contributed by atoms with E-state index in [1.165, 1.54) is 18.9 Å². The monoisotopic (exact) mass is 584 g/mol. The Balaban J connectivity index is 0.000000238. The number of carboxylic acid groups (broad SMARTS) is 1. The summed E-state index contributed by atoms with van der Waals surface area (Å²) in [5.41, 5.74) is 5.55. The van der Waals surface area contributed by atoms with Gasteiger partial charge < -0.3 is 25.5 Å². The summed E-state index contributed by atoms with van der Waals surface area (Å²) in [5, 5.41) is 50.7. The highest BCUT2D eigenvalue weighted by Crippen LogP contribution is 2.42. The molecule has 4 aromatic rings. The van der Waals surface area contributed by atoms with Crippen LogP contribution in [0.4, 0.5) is 0 Å². The van der Waals surface area contributed by atoms with E-state index < -0.39 is 5.97 Å². The minimum Gasteiger partial charge on any atom is -0.507 e. The molecule has 0 bridgehead atoms. The zero-order valence-electron chi connectivity index (χ0n) is 25.7. The van der Waals surface area contributed by atoms with Crippen molar-refractivity contribution in [2.45, 2.75) is 79.1 Å². The zero-order chi connectivity index (χ0) is 31.5. The number of aromatic hydroxyl groups is 4. The maximum atomic E-state index is 11.6. The third-order valence-electron chi connectivity index (χ3n) is 7.46. The molecule has 6 heteroatoms. The Morgan fingerprint density at radius 1 is 0.628 bits per heavy atom. The lowest BCUT2D eigenvalue weighted by atomic mass is 9.93. The summed E-state index contributed by atoms with van der Waals surface area (Å²) in [6, 6.07) is 20.0. The summed E-state index contributed by atoms with van der Waals surface area (Å²) in [7, 11) is 0. The largest absolute Gasteiger partial charge is 0.507 e. The van der Waals surface area contributed by atoms with Crippen LogP contribution in [0.5, 0.6) is 23.0 Å². The van der Waals surface area contributed by atoms with Gasteiger partial charge in [0.25, 0.3) is 0 Å². The molecule has 0 aromatic heterocycles. The fraction of sp³-hybridized carbons (Fsp3) is 0.324. The quantitative estimate of drug-likeness (QED) is 0.112. The van der Waals surface area contributed by atoms with Crippen LogP contribution in [-0.4, -0.2) is 31.5 Å². The van der Waals surface area contributed by atoms with Gasteiger partial charge in [-0.3, -0.25) is 0 Å². The van der Waals surface area contributed by atoms with E-state index in [0.29, 0.717) is 23.1 Å². The third kappa shape index (κ3) is 8.77. The van der Waals surface area contributed by atoms with Gasteiger partial charge in [0.2, 0.25) is 0 Å². The van der Waals surface area contributed by atoms with Crippen LogP contribution in [0.1, 0.15) is 85.0 Å². The van der Waals surface area contributed by atoms with Crippen LogP contribution in [0, 0.1) is 13.8 Å². The van der Waals surface area contributed by atoms with Gasteiger partial charge in [-0.15, -0.1) is 0 Å². The number of benzene rings is 4. The summed E-state index contributed by atoms with van der Waals surface area (Å²) in [6.07, 6.45) is 7.63. The Labute approximate surface area is 254 Å². The van der Waals surface area contributed by atoms with Crippen molar-refractivity contribution >= 4 is 5.97 Å². The highest BCUT2D eigenvalue weighted by Gasteiger charge is 2.23. The van der Waals surface area contributed by atoms with Gasteiger partial charge in [-0.1, -0.05) is 99.2 Å². The van der Waals surface area contributed by atoms with Crippen LogP contribution >= 0.6 is 0 Å². The van der Waals surface area contributed by atoms with E-state index in [2.05, 4.69) is 13.8 Å². The first-order valence-electron chi connectivity index (χ1n) is 15.1. The number of aromatic carboxylic acids is 1. The van der Waals surface area contributed by atoms with Gasteiger partial charge >= 0.3 is 5.97 Å². The number of aryl methyl sites for hydroxylation is 4. The molecule has 0 saturated carbocycles. The molecular formula is C37H44O6. The summed E-state index contributed by atoms with van der Waals surface area (Å²) >= 11 is 0. The molecule has 0 unspecified atom stereocenters. The molecule has 0 radical (unpaired) electrons. The van der Waals surface area contributed by atoms with E-state index in [1.807, 2.05) is 44.2 Å². The maximum absolute atomic E-state index is 11.6. The van der Waals surface area contributed by atoms with Crippen molar-refractivity contribution in [1.82, 2.24) is 0 Å². The highest BCUT2D eigenvalue weighted by atomic mass is 16.4. The van der Waals surface area contributed by atoms with Gasteiger partial charge in [0.15, 0.2) is 0 Å². The molecule has 0 heterocycles. The molecule has 5 N–H and O–H groups in total. The van der Waals surface area contributed by atoms with Crippen molar-refractivity contribution in [2.75, 3.05) is 0 Å². The number of phenolic OH excluding ortho intramolecular Hbond substituents is 3. The Morgan fingerprint density at radius 2 is 1.12 bits per heavy atom. The maximum Gasteiger partial charge on any atom is 0.339 e. The van der Waals surface area contributed by atoms with Crippen LogP contribution < -0.4 is 0 Å². The van der Waals surface area contributed by atoms with Gasteiger partial charge in [-0.25, -0.2) is 4.79 Å². The molecule has 0 saturated heterocycles. The number of phenols is 4. The van der Waals surface area contributed by atoms with Crippen molar-refractivity contribution in [2.24, 2.45) is 0 Å². The topological polar surface area (TPSA) is 118 Å². The smallest absolute Gasteiger partial charge is 0.339 e. The second-order valence-electron chi connectivity index (χ2n) is 11.1. The summed E-state index contributed by atoms with van der Waals surface area (Å²) < 4.78 is 0. The second-order valence-corrected chi connectivity index (χ2v) is 11.1. The van der Waals surface area contributed by atoms with E-state index in [9.17, 15) is 30.3 Å². The Kier molecular flexibility index (Phi) is 12.1. The highest BCUT2D eigenvalue weighted by molar-refractivity contribution is 5.97. The van der Waals surface area contributed by atoms with Gasteiger partial charge in [0.1, 0.15) is 28.6 Å². The molecule has 0 aliphatic carbocycles. The lowest BCUT2D eigenvalue weighted by Gasteiger charge is -2.15. The summed E-state index contributed by atoms with van der Waals surface area (Å²) in [6.45, 7) is 8.12. The van der Waals surface area contributed by atoms with E-state index in [0.717, 1.165) is 54.4 Å². The Morgan fingerprint density at radius 3 is 1.60 bits per heavy atom. The van der Waals surface area contributed by atoms with Crippen LogP contribution in [0.2, 0.25) is 0 Å². The van der Waals surface area contributed by atoms with Crippen LogP contribution in [0.3, 0.4) is 0 Å². The van der Waals surface area contributed by atoms with Crippen LogP contribution in [0.25, 0.3) is 22.3 Å². The van der Waals surface area contributed by atoms with Crippen molar-refractivity contribution in [3.05, 3.63) is 94.5 Å². The van der Waals surface area contributed by atoms with Crippen molar-refractivity contribution in [1.29, 1.82) is 0 Å². The summed E-state index contributed by atoms with van der Waals surface area (Å²) in [4.78, 5) is 11.6. The van der Waals surface area contributed by atoms with Gasteiger partial charge in [0.05, 0.1) is 11.1 Å². The first-order valence-corrected chi connectivity index (χ1v) is 15.1. The molecule has 228 valence electrons. The summed E-state index contributed by atoms with van der Waals surface area (Å²) in [5.74, 6) is -1.33. The fourth-order valence-corrected chi connectivity index (χ4v) is 5.28. The number of hydrogen-bond acceptors (Lipinski definition) is 5. The van der Waals surface area contributed by atoms with E-state index in [4.69, 9.17) is 0 Å². The molecule has 4 aromatic carbocycles. The number of rotatable bonds is 11. The normalized spacial score (nSPS) is 10.7. The molecule has 0 aliphatic rings. The molecule has 6 nitrogen and oxygen atoms in total. The second kappa shape index (κ2) is 15.7. The lowest BCUT2D eigenvalue weighted by Crippen LogP contribution is -2.04. The zero-order valence-corrected chi connectivity index (χ0v) is 25.7. The van der Waals surface area contributed by atoms with Crippen molar-refractivity contribution in [3.8, 4) is 45.3 Å². The number of unbranched alkanes of at least 4 members (excludes halogenated alkanes) is 4. The van der Waals surface area contributed by atoms with Gasteiger partial charge in [0, 0.05) is 0 Å². The molecule has 0 aliphatic heterocycles. The molecule has 0 amide bonds. The first-order chi connectivity index (χ1) is 20.6. The van der Waals surface area contributed by atoms with Gasteiger partial charge in [-0.05, 0) is 80.0 Å². The fourth-order valence-electron chi connectivity index (χ4n) is 5.28. The van der Waals surface area contributed by atoms with Gasteiger partial charge in [-0.2, -0.15) is 0 Å². The standard InChI is InChI=1S/C19H22O4.C18H22O2/c1-3-4-5-8-14-11-15(20)16(18(21)17(14)19(22)23)13-9-6-7-12(2)10-13;1-3-4-5-8-14-11-16(19)18(17(20)12-14)15-9-6-7-13(2)10-15/h6-7,9-11,20-21H,3-5,8H2,1-2H3,(H,22,23);6-7,9-12,19-20H,3-5,8H2,1-2H3. The predicted molar refractivity (Wildman–Crippen MR) is 173 cm³/mol. The predicted octanol–water partition coefficient (Wildman–Crippen LogP) is 9.31. The minimum atomic E-state index is -1.18. The molecule has 4 rings (SSSR count). The molecule has 43 heavy (non-hydrogen) atoms. The number of hydrogen-bond donors (Lipinski definition) is 5. The van der Waals surface area contributed by atoms with Crippen molar-refractivity contribution in [3.63, 3.8) is 0 Å². The van der Waals surface area contributed by atoms with E-state index in [1.54, 1.807) is 30.3 Å². The molecule has 0 fully saturated rings. The van der Waals surface area contributed by atoms with Crippen LogP contribution in [-0.2, 0) is 12.8 Å². The SMILES string of the molecule is CCCCCc1cc(O)c(-c2cccc(C)c2)c(O)c1.CCCCCc1cc(O)c(-c2cccc(C)c2)c(O)c1C(=O)O. The van der Waals surface area contributed by atoms with E-state index >= 15 is 0 Å². The first kappa shape index (κ1) is 33.1. The Bertz CT molecular complexity index is 1520. The molecule has 0 spiro atoms. The Hall–Kier alpha value is -4.45. The lowest BCUT2D eigenvalue weighted by molar-refractivity contribution is 0.0692. The third-order valence-corrected chi connectivity index (χ3v) is 7.46. The minimum absolute atomic E-state index is 0.0930. The van der Waals surface area contributed by atoms with E-state index in [-0.39, 0.29) is 34.1 Å². The van der Waals surface area contributed by atoms with Crippen LogP contribution in [0.15, 0.2) is 66.7 Å². The number of carboxylic acids is 1. The molecule has 0 atom stereocenters. The average molecular weight is 585 g/mol. The van der Waals surface area contributed by atoms with Crippen molar-refractivity contribution < 1.29 is 30.3 Å². The molecular weight excluding hydrogens is 540 g/mol. The average Bonchev–Trinajstić information content (AvgIpc) is 2.93.